The van der Waals surface area contributed by atoms with Crippen LogP contribution < -0.4 is 0 Å². The Morgan fingerprint density at radius 1 is 0.407 bits per heavy atom. The van der Waals surface area contributed by atoms with Gasteiger partial charge >= 0.3 is 0 Å². The maximum atomic E-state index is 11.5. The van der Waals surface area contributed by atoms with Crippen LogP contribution in [0.2, 0.25) is 0 Å². The van der Waals surface area contributed by atoms with Crippen LogP contribution >= 0.6 is 0 Å². The van der Waals surface area contributed by atoms with Gasteiger partial charge in [0, 0.05) is 49.0 Å². The molecule has 0 heterocycles. The Labute approximate surface area is 186 Å². The molecule has 0 saturated carbocycles. The molecule has 0 aliphatic heterocycles. The molecule has 156 valence electrons. The molecular weight excluding hydrogens is 535 g/mol. The van der Waals surface area contributed by atoms with Crippen LogP contribution in [0.25, 0.3) is 0 Å². The van der Waals surface area contributed by atoms with Crippen LogP contribution in [0.5, 0.6) is 0 Å². The van der Waals surface area contributed by atoms with Crippen molar-refractivity contribution in [1.29, 1.82) is 0 Å². The van der Waals surface area contributed by atoms with Gasteiger partial charge in [0.25, 0.3) is 0 Å². The van der Waals surface area contributed by atoms with Crippen molar-refractivity contribution in [2.75, 3.05) is 0 Å². The molecule has 27 heavy (non-hydrogen) atoms. The molecule has 5 heteroatoms. The minimum absolute atomic E-state index is 0. The first-order valence-corrected chi connectivity index (χ1v) is 9.23. The summed E-state index contributed by atoms with van der Waals surface area (Å²) >= 11 is 0. The van der Waals surface area contributed by atoms with E-state index < -0.39 is 21.7 Å². The fraction of sp³-hybridized carbons (Fsp3) is 0.818. The molecule has 0 aliphatic carbocycles. The quantitative estimate of drug-likeness (QED) is 0.356. The number of Topliss-reactive ketones (excluding diaryl/α,β-unsaturated/α-hetero) is 4. The molecule has 0 saturated heterocycles. The standard InChI is InChI=1S/2C11H20O2.Pb/c2*1-10(2,3)8(12)7-9(13)11(4,5)6;/h2*7H2,1-6H3;. The molecule has 0 aromatic rings. The predicted molar refractivity (Wildman–Crippen MR) is 113 cm³/mol. The molecule has 4 radical (unpaired) electrons. The van der Waals surface area contributed by atoms with Gasteiger partial charge in [0.05, 0.1) is 12.8 Å². The Kier molecular flexibility index (Phi) is 12.7. The third-order valence-corrected chi connectivity index (χ3v) is 3.99. The average molecular weight is 576 g/mol. The summed E-state index contributed by atoms with van der Waals surface area (Å²) in [6.07, 6.45) is 0.125. The van der Waals surface area contributed by atoms with Gasteiger partial charge in [-0.1, -0.05) is 83.1 Å². The number of hydrogen-bond acceptors (Lipinski definition) is 4. The Hall–Kier alpha value is -0.398. The van der Waals surface area contributed by atoms with Gasteiger partial charge in [0.2, 0.25) is 0 Å². The largest absolute Gasteiger partial charge is 0.299 e. The molecule has 0 amide bonds. The van der Waals surface area contributed by atoms with Gasteiger partial charge in [0.1, 0.15) is 23.1 Å². The maximum Gasteiger partial charge on any atom is 0.145 e. The number of carbonyl (C=O) groups excluding carboxylic acids is 4. The Balaban J connectivity index is -0.000000411. The smallest absolute Gasteiger partial charge is 0.145 e. The molecule has 0 unspecified atom stereocenters. The SMILES string of the molecule is CC(C)(C)C(=O)CC(=O)C(C)(C)C.CC(C)(C)C(=O)CC(=O)C(C)(C)C.[Pb]. The Morgan fingerprint density at radius 3 is 0.593 bits per heavy atom. The van der Waals surface area contributed by atoms with E-state index in [1.807, 2.05) is 83.1 Å². The average Bonchev–Trinajstić information content (AvgIpc) is 2.34. The molecule has 0 aromatic carbocycles. The van der Waals surface area contributed by atoms with E-state index in [1.165, 1.54) is 0 Å². The number of carbonyl (C=O) groups is 4. The molecule has 0 spiro atoms. The van der Waals surface area contributed by atoms with Crippen LogP contribution in [0.4, 0.5) is 0 Å². The van der Waals surface area contributed by atoms with E-state index in [1.54, 1.807) is 0 Å². The fourth-order valence-electron chi connectivity index (χ4n) is 1.35. The van der Waals surface area contributed by atoms with E-state index >= 15 is 0 Å². The summed E-state index contributed by atoms with van der Waals surface area (Å²) in [7, 11) is 0. The van der Waals surface area contributed by atoms with Crippen molar-refractivity contribution < 1.29 is 19.2 Å². The summed E-state index contributed by atoms with van der Waals surface area (Å²) in [6, 6.07) is 0. The monoisotopic (exact) mass is 576 g/mol. The molecule has 0 N–H and O–H groups in total. The summed E-state index contributed by atoms with van der Waals surface area (Å²) < 4.78 is 0. The van der Waals surface area contributed by atoms with Gasteiger partial charge in [-0.3, -0.25) is 19.2 Å². The summed E-state index contributed by atoms with van der Waals surface area (Å²) in [4.78, 5) is 46.0. The Morgan fingerprint density at radius 2 is 0.519 bits per heavy atom. The molecule has 0 rings (SSSR count). The number of hydrogen-bond donors (Lipinski definition) is 0. The third kappa shape index (κ3) is 14.3. The summed E-state index contributed by atoms with van der Waals surface area (Å²) in [5, 5.41) is 0. The minimum atomic E-state index is -0.402. The van der Waals surface area contributed by atoms with Crippen molar-refractivity contribution in [1.82, 2.24) is 0 Å². The van der Waals surface area contributed by atoms with Gasteiger partial charge in [-0.2, -0.15) is 0 Å². The Bertz CT molecular complexity index is 435. The second kappa shape index (κ2) is 11.0. The van der Waals surface area contributed by atoms with E-state index in [0.29, 0.717) is 0 Å². The first-order chi connectivity index (χ1) is 11.1. The molecule has 4 nitrogen and oxygen atoms in total. The van der Waals surface area contributed by atoms with E-state index in [-0.39, 0.29) is 63.3 Å². The molecule has 0 fully saturated rings. The molecular formula is C22H40O4Pb. The third-order valence-electron chi connectivity index (χ3n) is 3.99. The van der Waals surface area contributed by atoms with Crippen LogP contribution in [0.3, 0.4) is 0 Å². The van der Waals surface area contributed by atoms with Crippen molar-refractivity contribution in [2.45, 2.75) is 95.9 Å². The zero-order chi connectivity index (χ0) is 21.7. The van der Waals surface area contributed by atoms with E-state index in [0.717, 1.165) is 0 Å². The van der Waals surface area contributed by atoms with E-state index in [2.05, 4.69) is 0 Å². The molecule has 0 aromatic heterocycles. The van der Waals surface area contributed by atoms with Gasteiger partial charge in [0.15, 0.2) is 0 Å². The summed E-state index contributed by atoms with van der Waals surface area (Å²) in [6.45, 7) is 22.1. The van der Waals surface area contributed by atoms with Crippen molar-refractivity contribution in [3.63, 3.8) is 0 Å². The van der Waals surface area contributed by atoms with Crippen molar-refractivity contribution >= 4 is 50.4 Å². The number of rotatable bonds is 4. The van der Waals surface area contributed by atoms with Crippen LogP contribution in [0.1, 0.15) is 95.9 Å². The second-order valence-electron chi connectivity index (χ2n) is 11.0. The van der Waals surface area contributed by atoms with Gasteiger partial charge in [-0.15, -0.1) is 0 Å². The number of ketones is 4. The first kappa shape index (κ1) is 31.3. The van der Waals surface area contributed by atoms with Gasteiger partial charge < -0.3 is 0 Å². The van der Waals surface area contributed by atoms with Crippen LogP contribution in [-0.4, -0.2) is 50.4 Å². The van der Waals surface area contributed by atoms with E-state index in [4.69, 9.17) is 0 Å². The van der Waals surface area contributed by atoms with Crippen LogP contribution in [0.15, 0.2) is 0 Å². The normalized spacial score (nSPS) is 12.3. The van der Waals surface area contributed by atoms with Crippen molar-refractivity contribution in [3.05, 3.63) is 0 Å². The van der Waals surface area contributed by atoms with Gasteiger partial charge in [-0.25, -0.2) is 0 Å². The molecule has 0 aliphatic rings. The second-order valence-corrected chi connectivity index (χ2v) is 11.0. The zero-order valence-electron chi connectivity index (χ0n) is 19.5. The van der Waals surface area contributed by atoms with Crippen LogP contribution in [0, 0.1) is 21.7 Å². The van der Waals surface area contributed by atoms with Gasteiger partial charge in [-0.05, 0) is 0 Å². The maximum absolute atomic E-state index is 11.5. The van der Waals surface area contributed by atoms with Crippen molar-refractivity contribution in [2.24, 2.45) is 21.7 Å². The summed E-state index contributed by atoms with van der Waals surface area (Å²) in [5.41, 5.74) is -1.61. The summed E-state index contributed by atoms with van der Waals surface area (Å²) in [5.74, 6) is 0.0831. The predicted octanol–water partition coefficient (Wildman–Crippen LogP) is 4.83. The molecule has 0 atom stereocenters. The minimum Gasteiger partial charge on any atom is -0.299 e. The first-order valence-electron chi connectivity index (χ1n) is 9.23. The fourth-order valence-corrected chi connectivity index (χ4v) is 1.35. The topological polar surface area (TPSA) is 68.3 Å². The zero-order valence-corrected chi connectivity index (χ0v) is 23.4. The van der Waals surface area contributed by atoms with E-state index in [9.17, 15) is 19.2 Å². The van der Waals surface area contributed by atoms with Crippen LogP contribution in [-0.2, 0) is 19.2 Å². The van der Waals surface area contributed by atoms with Crippen molar-refractivity contribution in [3.8, 4) is 0 Å². The molecule has 0 bridgehead atoms.